The lowest BCUT2D eigenvalue weighted by Crippen LogP contribution is -2.30. The number of benzene rings is 1. The van der Waals surface area contributed by atoms with Crippen molar-refractivity contribution in [2.24, 2.45) is 0 Å². The molecule has 1 aromatic heterocycles. The summed E-state index contributed by atoms with van der Waals surface area (Å²) in [5, 5.41) is 2.75. The Morgan fingerprint density at radius 1 is 1.23 bits per heavy atom. The van der Waals surface area contributed by atoms with E-state index in [1.54, 1.807) is 13.0 Å². The highest BCUT2D eigenvalue weighted by molar-refractivity contribution is 7.18. The number of rotatable bonds is 6. The number of hydrogen-bond acceptors (Lipinski definition) is 6. The SMILES string of the molecule is COC(=O)c1c(NC(=O)[C@@H](C)Oc2ccccc2F)sc(C(C)=O)c1C. The van der Waals surface area contributed by atoms with Gasteiger partial charge in [-0.15, -0.1) is 11.3 Å². The van der Waals surface area contributed by atoms with Gasteiger partial charge in [0, 0.05) is 0 Å². The van der Waals surface area contributed by atoms with Crippen molar-refractivity contribution < 1.29 is 28.2 Å². The van der Waals surface area contributed by atoms with Crippen LogP contribution in [0.4, 0.5) is 9.39 Å². The fraction of sp³-hybridized carbons (Fsp3) is 0.278. The van der Waals surface area contributed by atoms with Crippen molar-refractivity contribution in [1.29, 1.82) is 0 Å². The van der Waals surface area contributed by atoms with Crippen molar-refractivity contribution in [3.05, 3.63) is 46.1 Å². The number of anilines is 1. The molecule has 1 N–H and O–H groups in total. The van der Waals surface area contributed by atoms with Crippen molar-refractivity contribution in [2.45, 2.75) is 26.9 Å². The van der Waals surface area contributed by atoms with Gasteiger partial charge in [-0.05, 0) is 38.5 Å². The molecule has 0 fully saturated rings. The number of esters is 1. The highest BCUT2D eigenvalue weighted by Gasteiger charge is 2.26. The summed E-state index contributed by atoms with van der Waals surface area (Å²) in [6.07, 6.45) is -1.03. The first kappa shape index (κ1) is 19.6. The smallest absolute Gasteiger partial charge is 0.341 e. The van der Waals surface area contributed by atoms with Gasteiger partial charge in [-0.3, -0.25) is 9.59 Å². The van der Waals surface area contributed by atoms with Crippen LogP contribution in [0, 0.1) is 12.7 Å². The largest absolute Gasteiger partial charge is 0.478 e. The van der Waals surface area contributed by atoms with E-state index in [1.807, 2.05) is 0 Å². The second-order valence-electron chi connectivity index (χ2n) is 5.49. The molecule has 138 valence electrons. The highest BCUT2D eigenvalue weighted by Crippen LogP contribution is 2.34. The zero-order chi connectivity index (χ0) is 19.4. The molecule has 0 radical (unpaired) electrons. The molecule has 1 aromatic carbocycles. The van der Waals surface area contributed by atoms with Crippen LogP contribution in [0.3, 0.4) is 0 Å². The number of nitrogens with one attached hydrogen (secondary N) is 1. The monoisotopic (exact) mass is 379 g/mol. The predicted molar refractivity (Wildman–Crippen MR) is 95.5 cm³/mol. The average molecular weight is 379 g/mol. The molecule has 0 saturated carbocycles. The molecular formula is C18H18FNO5S. The molecule has 6 nitrogen and oxygen atoms in total. The number of ketones is 1. The van der Waals surface area contributed by atoms with Gasteiger partial charge in [0.2, 0.25) is 0 Å². The van der Waals surface area contributed by atoms with E-state index < -0.39 is 23.8 Å². The van der Waals surface area contributed by atoms with Gasteiger partial charge in [-0.25, -0.2) is 9.18 Å². The molecule has 1 amide bonds. The number of ether oxygens (including phenoxy) is 2. The molecule has 8 heteroatoms. The zero-order valence-corrected chi connectivity index (χ0v) is 15.5. The average Bonchev–Trinajstić information content (AvgIpc) is 2.92. The number of para-hydroxylation sites is 1. The minimum absolute atomic E-state index is 0.0601. The number of hydrogen-bond donors (Lipinski definition) is 1. The van der Waals surface area contributed by atoms with Gasteiger partial charge in [-0.2, -0.15) is 0 Å². The molecule has 0 bridgehead atoms. The van der Waals surface area contributed by atoms with Crippen LogP contribution in [0.15, 0.2) is 24.3 Å². The molecule has 0 aliphatic carbocycles. The lowest BCUT2D eigenvalue weighted by atomic mass is 10.1. The van der Waals surface area contributed by atoms with Gasteiger partial charge in [0.05, 0.1) is 17.6 Å². The summed E-state index contributed by atoms with van der Waals surface area (Å²) in [6, 6.07) is 5.71. The molecule has 0 aliphatic heterocycles. The Morgan fingerprint density at radius 3 is 2.46 bits per heavy atom. The summed E-state index contributed by atoms with van der Waals surface area (Å²) in [5.41, 5.74) is 0.557. The van der Waals surface area contributed by atoms with Crippen LogP contribution in [0.2, 0.25) is 0 Å². The Balaban J connectivity index is 2.25. The van der Waals surface area contributed by atoms with Gasteiger partial charge in [0.1, 0.15) is 5.00 Å². The Labute approximate surface area is 153 Å². The maximum Gasteiger partial charge on any atom is 0.341 e. The third kappa shape index (κ3) is 4.08. The van der Waals surface area contributed by atoms with Crippen LogP contribution in [-0.4, -0.2) is 30.9 Å². The number of methoxy groups -OCH3 is 1. The molecule has 0 saturated heterocycles. The number of halogens is 1. The topological polar surface area (TPSA) is 81.7 Å². The first-order valence-corrected chi connectivity index (χ1v) is 8.52. The zero-order valence-electron chi connectivity index (χ0n) is 14.7. The molecule has 1 atom stereocenters. The molecule has 1 heterocycles. The summed E-state index contributed by atoms with van der Waals surface area (Å²) in [4.78, 5) is 36.5. The number of thiophene rings is 1. The summed E-state index contributed by atoms with van der Waals surface area (Å²) in [7, 11) is 1.21. The van der Waals surface area contributed by atoms with E-state index in [-0.39, 0.29) is 22.1 Å². The maximum atomic E-state index is 13.6. The summed E-state index contributed by atoms with van der Waals surface area (Å²) >= 11 is 0.981. The van der Waals surface area contributed by atoms with Gasteiger partial charge in [0.25, 0.3) is 5.91 Å². The lowest BCUT2D eigenvalue weighted by Gasteiger charge is -2.15. The number of carbonyl (C=O) groups is 3. The molecule has 0 aliphatic rings. The normalized spacial score (nSPS) is 11.6. The summed E-state index contributed by atoms with van der Waals surface area (Å²) in [6.45, 7) is 4.43. The molecular weight excluding hydrogens is 361 g/mol. The minimum Gasteiger partial charge on any atom is -0.478 e. The Morgan fingerprint density at radius 2 is 1.88 bits per heavy atom. The van der Waals surface area contributed by atoms with E-state index in [4.69, 9.17) is 9.47 Å². The van der Waals surface area contributed by atoms with E-state index in [0.29, 0.717) is 10.4 Å². The number of Topliss-reactive ketones (excluding diaryl/α,β-unsaturated/α-hetero) is 1. The van der Waals surface area contributed by atoms with Crippen molar-refractivity contribution in [3.63, 3.8) is 0 Å². The van der Waals surface area contributed by atoms with E-state index in [2.05, 4.69) is 5.32 Å². The summed E-state index contributed by atoms with van der Waals surface area (Å²) in [5.74, 6) is -2.13. The summed E-state index contributed by atoms with van der Waals surface area (Å²) < 4.78 is 23.7. The third-order valence-corrected chi connectivity index (χ3v) is 4.91. The van der Waals surface area contributed by atoms with Crippen LogP contribution in [0.25, 0.3) is 0 Å². The van der Waals surface area contributed by atoms with Crippen molar-refractivity contribution in [2.75, 3.05) is 12.4 Å². The predicted octanol–water partition coefficient (Wildman–Crippen LogP) is 3.59. The number of amides is 1. The van der Waals surface area contributed by atoms with Crippen LogP contribution >= 0.6 is 11.3 Å². The Bertz CT molecular complexity index is 861. The molecule has 2 rings (SSSR count). The van der Waals surface area contributed by atoms with Crippen LogP contribution < -0.4 is 10.1 Å². The fourth-order valence-corrected chi connectivity index (χ4v) is 3.38. The minimum atomic E-state index is -1.03. The van der Waals surface area contributed by atoms with Gasteiger partial charge in [-0.1, -0.05) is 12.1 Å². The molecule has 26 heavy (non-hydrogen) atoms. The van der Waals surface area contributed by atoms with Crippen LogP contribution in [0.5, 0.6) is 5.75 Å². The van der Waals surface area contributed by atoms with Gasteiger partial charge in [0.15, 0.2) is 23.5 Å². The van der Waals surface area contributed by atoms with E-state index >= 15 is 0 Å². The first-order valence-electron chi connectivity index (χ1n) is 7.71. The Kier molecular flexibility index (Phi) is 6.10. The molecule has 0 spiro atoms. The second-order valence-corrected chi connectivity index (χ2v) is 6.51. The Hall–Kier alpha value is -2.74. The maximum absolute atomic E-state index is 13.6. The van der Waals surface area contributed by atoms with Crippen molar-refractivity contribution in [1.82, 2.24) is 0 Å². The highest BCUT2D eigenvalue weighted by atomic mass is 32.1. The fourth-order valence-electron chi connectivity index (χ4n) is 2.28. The van der Waals surface area contributed by atoms with Crippen LogP contribution in [-0.2, 0) is 9.53 Å². The van der Waals surface area contributed by atoms with E-state index in [9.17, 15) is 18.8 Å². The molecule has 2 aromatic rings. The third-order valence-electron chi connectivity index (χ3n) is 3.60. The van der Waals surface area contributed by atoms with Gasteiger partial charge < -0.3 is 14.8 Å². The quantitative estimate of drug-likeness (QED) is 0.613. The van der Waals surface area contributed by atoms with Gasteiger partial charge >= 0.3 is 5.97 Å². The van der Waals surface area contributed by atoms with Crippen LogP contribution in [0.1, 0.15) is 39.4 Å². The number of carbonyl (C=O) groups excluding carboxylic acids is 3. The van der Waals surface area contributed by atoms with Crippen molar-refractivity contribution >= 4 is 34.0 Å². The van der Waals surface area contributed by atoms with E-state index in [0.717, 1.165) is 11.3 Å². The standard InChI is InChI=1S/C18H18FNO5S/c1-9-14(18(23)24-4)17(26-15(9)10(2)21)20-16(22)11(3)25-13-8-6-5-7-12(13)19/h5-8,11H,1-4H3,(H,20,22)/t11-/m1/s1. The molecule has 0 unspecified atom stereocenters. The first-order chi connectivity index (χ1) is 12.3. The van der Waals surface area contributed by atoms with Crippen molar-refractivity contribution in [3.8, 4) is 5.75 Å². The van der Waals surface area contributed by atoms with E-state index in [1.165, 1.54) is 39.2 Å². The lowest BCUT2D eigenvalue weighted by molar-refractivity contribution is -0.122. The second kappa shape index (κ2) is 8.09.